The molecule has 0 aliphatic carbocycles. The zero-order valence-corrected chi connectivity index (χ0v) is 12.2. The third-order valence-corrected chi connectivity index (χ3v) is 2.82. The summed E-state index contributed by atoms with van der Waals surface area (Å²) in [6.45, 7) is 8.61. The van der Waals surface area contributed by atoms with E-state index in [4.69, 9.17) is 4.74 Å². The second-order valence-electron chi connectivity index (χ2n) is 4.96. The Morgan fingerprint density at radius 1 is 1.56 bits per heavy atom. The Balaban J connectivity index is 2.52. The highest BCUT2D eigenvalue weighted by molar-refractivity contribution is 5.65. The van der Waals surface area contributed by atoms with E-state index in [-0.39, 0.29) is 0 Å². The van der Waals surface area contributed by atoms with Crippen LogP contribution < -0.4 is 10.1 Å². The number of aryl methyl sites for hydroxylation is 1. The van der Waals surface area contributed by atoms with Gasteiger partial charge in [0.15, 0.2) is 5.75 Å². The topological polar surface area (TPSA) is 39.1 Å². The first kappa shape index (κ1) is 14.8. The molecule has 1 rings (SSSR count). The smallest absolute Gasteiger partial charge is 0.164 e. The molecule has 1 N–H and O–H groups in total. The molecule has 0 unspecified atom stereocenters. The number of hydrogen-bond acceptors (Lipinski definition) is 3. The molecule has 0 atom stereocenters. The van der Waals surface area contributed by atoms with Crippen LogP contribution in [-0.4, -0.2) is 30.0 Å². The molecule has 0 fully saturated rings. The van der Waals surface area contributed by atoms with Crippen molar-refractivity contribution in [2.75, 3.05) is 20.2 Å². The van der Waals surface area contributed by atoms with Gasteiger partial charge in [-0.2, -0.15) is 5.10 Å². The second kappa shape index (κ2) is 7.21. The normalized spacial score (nSPS) is 12.2. The van der Waals surface area contributed by atoms with Crippen molar-refractivity contribution in [3.63, 3.8) is 0 Å². The van der Waals surface area contributed by atoms with E-state index in [1.807, 2.05) is 11.7 Å². The highest BCUT2D eigenvalue weighted by Gasteiger charge is 2.09. The number of aromatic nitrogens is 2. The van der Waals surface area contributed by atoms with E-state index in [9.17, 15) is 0 Å². The molecule has 0 aliphatic heterocycles. The molecule has 0 saturated heterocycles. The van der Waals surface area contributed by atoms with Crippen LogP contribution in [0.15, 0.2) is 12.3 Å². The van der Waals surface area contributed by atoms with Crippen molar-refractivity contribution < 1.29 is 4.74 Å². The first-order chi connectivity index (χ1) is 8.56. The van der Waals surface area contributed by atoms with Gasteiger partial charge in [0.1, 0.15) is 5.69 Å². The lowest BCUT2D eigenvalue weighted by molar-refractivity contribution is 0.413. The summed E-state index contributed by atoms with van der Waals surface area (Å²) < 4.78 is 7.16. The van der Waals surface area contributed by atoms with Gasteiger partial charge in [-0.3, -0.25) is 4.68 Å². The van der Waals surface area contributed by atoms with Crippen LogP contribution in [0.2, 0.25) is 0 Å². The molecule has 1 heterocycles. The number of ether oxygens (including phenoxy) is 1. The first-order valence-corrected chi connectivity index (χ1v) is 6.50. The lowest BCUT2D eigenvalue weighted by Crippen LogP contribution is -2.20. The van der Waals surface area contributed by atoms with Gasteiger partial charge in [-0.1, -0.05) is 19.9 Å². The SMILES string of the molecule is COc1cnn(C)c1C(C)=CCCNCC(C)C. The van der Waals surface area contributed by atoms with Crippen molar-refractivity contribution in [2.45, 2.75) is 27.2 Å². The fraction of sp³-hybridized carbons (Fsp3) is 0.643. The zero-order valence-electron chi connectivity index (χ0n) is 12.2. The Hall–Kier alpha value is -1.29. The standard InChI is InChI=1S/C14H25N3O/c1-11(2)9-15-8-6-7-12(3)14-13(18-5)10-16-17(14)4/h7,10-11,15H,6,8-9H2,1-5H3. The fourth-order valence-corrected chi connectivity index (χ4v) is 1.89. The summed E-state index contributed by atoms with van der Waals surface area (Å²) in [5, 5.41) is 7.64. The minimum Gasteiger partial charge on any atom is -0.493 e. The predicted molar refractivity (Wildman–Crippen MR) is 75.7 cm³/mol. The summed E-state index contributed by atoms with van der Waals surface area (Å²) in [5.41, 5.74) is 2.26. The van der Waals surface area contributed by atoms with Crippen LogP contribution in [0.25, 0.3) is 5.57 Å². The molecule has 4 heteroatoms. The maximum atomic E-state index is 5.31. The summed E-state index contributed by atoms with van der Waals surface area (Å²) in [6, 6.07) is 0. The molecular weight excluding hydrogens is 226 g/mol. The first-order valence-electron chi connectivity index (χ1n) is 6.50. The highest BCUT2D eigenvalue weighted by atomic mass is 16.5. The third kappa shape index (κ3) is 4.18. The maximum Gasteiger partial charge on any atom is 0.164 e. The van der Waals surface area contributed by atoms with Gasteiger partial charge < -0.3 is 10.1 Å². The largest absolute Gasteiger partial charge is 0.493 e. The van der Waals surface area contributed by atoms with Crippen LogP contribution in [0.1, 0.15) is 32.9 Å². The van der Waals surface area contributed by atoms with E-state index in [0.717, 1.165) is 31.0 Å². The van der Waals surface area contributed by atoms with Gasteiger partial charge >= 0.3 is 0 Å². The van der Waals surface area contributed by atoms with Crippen molar-refractivity contribution in [1.82, 2.24) is 15.1 Å². The van der Waals surface area contributed by atoms with E-state index < -0.39 is 0 Å². The van der Waals surface area contributed by atoms with Crippen LogP contribution in [0.5, 0.6) is 5.75 Å². The molecule has 0 aromatic carbocycles. The van der Waals surface area contributed by atoms with Gasteiger partial charge in [0.2, 0.25) is 0 Å². The Kier molecular flexibility index (Phi) is 5.92. The van der Waals surface area contributed by atoms with Gasteiger partial charge in [0.25, 0.3) is 0 Å². The van der Waals surface area contributed by atoms with Gasteiger partial charge in [-0.15, -0.1) is 0 Å². The Morgan fingerprint density at radius 3 is 2.89 bits per heavy atom. The van der Waals surface area contributed by atoms with E-state index >= 15 is 0 Å². The van der Waals surface area contributed by atoms with Crippen LogP contribution in [0, 0.1) is 5.92 Å². The molecule has 0 bridgehead atoms. The van der Waals surface area contributed by atoms with Gasteiger partial charge in [-0.05, 0) is 37.9 Å². The number of hydrogen-bond donors (Lipinski definition) is 1. The Bertz CT molecular complexity index is 394. The molecular formula is C14H25N3O. The number of nitrogens with one attached hydrogen (secondary N) is 1. The fourth-order valence-electron chi connectivity index (χ4n) is 1.89. The third-order valence-electron chi connectivity index (χ3n) is 2.82. The minimum atomic E-state index is 0.701. The molecule has 18 heavy (non-hydrogen) atoms. The average Bonchev–Trinajstić information content (AvgIpc) is 2.69. The van der Waals surface area contributed by atoms with E-state index in [0.29, 0.717) is 5.92 Å². The van der Waals surface area contributed by atoms with Gasteiger partial charge in [0, 0.05) is 7.05 Å². The number of allylic oxidation sites excluding steroid dienone is 1. The zero-order chi connectivity index (χ0) is 13.5. The summed E-state index contributed by atoms with van der Waals surface area (Å²) in [6.07, 6.45) is 5.00. The monoisotopic (exact) mass is 251 g/mol. The lowest BCUT2D eigenvalue weighted by atomic mass is 10.1. The van der Waals surface area contributed by atoms with E-state index in [2.05, 4.69) is 37.3 Å². The number of nitrogens with zero attached hydrogens (tertiary/aromatic N) is 2. The summed E-state index contributed by atoms with van der Waals surface area (Å²) in [7, 11) is 3.62. The van der Waals surface area contributed by atoms with Crippen molar-refractivity contribution >= 4 is 5.57 Å². The van der Waals surface area contributed by atoms with Crippen molar-refractivity contribution in [3.8, 4) is 5.75 Å². The van der Waals surface area contributed by atoms with Crippen LogP contribution in [-0.2, 0) is 7.05 Å². The van der Waals surface area contributed by atoms with E-state index in [1.165, 1.54) is 5.57 Å². The number of rotatable bonds is 7. The van der Waals surface area contributed by atoms with Crippen molar-refractivity contribution in [1.29, 1.82) is 0 Å². The molecule has 1 aromatic rings. The van der Waals surface area contributed by atoms with Gasteiger partial charge in [0.05, 0.1) is 13.3 Å². The molecule has 4 nitrogen and oxygen atoms in total. The molecule has 1 aromatic heterocycles. The second-order valence-corrected chi connectivity index (χ2v) is 4.96. The molecule has 0 radical (unpaired) electrons. The molecule has 0 aliphatic rings. The minimum absolute atomic E-state index is 0.701. The molecule has 0 spiro atoms. The van der Waals surface area contributed by atoms with E-state index in [1.54, 1.807) is 13.3 Å². The summed E-state index contributed by atoms with van der Waals surface area (Å²) in [5.74, 6) is 1.54. The Morgan fingerprint density at radius 2 is 2.28 bits per heavy atom. The maximum absolute atomic E-state index is 5.31. The van der Waals surface area contributed by atoms with Crippen molar-refractivity contribution in [3.05, 3.63) is 18.0 Å². The summed E-state index contributed by atoms with van der Waals surface area (Å²) in [4.78, 5) is 0. The average molecular weight is 251 g/mol. The quantitative estimate of drug-likeness (QED) is 0.757. The Labute approximate surface area is 110 Å². The molecule has 0 saturated carbocycles. The molecule has 102 valence electrons. The molecule has 0 amide bonds. The number of methoxy groups -OCH3 is 1. The highest BCUT2D eigenvalue weighted by Crippen LogP contribution is 2.24. The summed E-state index contributed by atoms with van der Waals surface area (Å²) >= 11 is 0. The van der Waals surface area contributed by atoms with Crippen molar-refractivity contribution in [2.24, 2.45) is 13.0 Å². The predicted octanol–water partition coefficient (Wildman–Crippen LogP) is 2.47. The van der Waals surface area contributed by atoms with Crippen LogP contribution in [0.3, 0.4) is 0 Å². The van der Waals surface area contributed by atoms with Crippen LogP contribution >= 0.6 is 0 Å². The van der Waals surface area contributed by atoms with Gasteiger partial charge in [-0.25, -0.2) is 0 Å². The lowest BCUT2D eigenvalue weighted by Gasteiger charge is -2.07. The van der Waals surface area contributed by atoms with Crippen LogP contribution in [0.4, 0.5) is 0 Å².